The Bertz CT molecular complexity index is 1580. The molecule has 0 aliphatic carbocycles. The summed E-state index contributed by atoms with van der Waals surface area (Å²) in [6.07, 6.45) is 12.2. The highest BCUT2D eigenvalue weighted by Crippen LogP contribution is 2.25. The van der Waals surface area contributed by atoms with Crippen molar-refractivity contribution < 1.29 is 42.8 Å². The van der Waals surface area contributed by atoms with E-state index in [0.29, 0.717) is 44.3 Å². The highest BCUT2D eigenvalue weighted by molar-refractivity contribution is 8.14. The maximum absolute atomic E-state index is 12.5. The Hall–Kier alpha value is -4.90. The lowest BCUT2D eigenvalue weighted by molar-refractivity contribution is -0.138. The van der Waals surface area contributed by atoms with Crippen molar-refractivity contribution in [3.63, 3.8) is 0 Å². The van der Waals surface area contributed by atoms with Gasteiger partial charge in [0.05, 0.1) is 19.8 Å². The molecule has 256 valence electrons. The van der Waals surface area contributed by atoms with Crippen LogP contribution >= 0.6 is 11.8 Å². The minimum atomic E-state index is -0.524. The fourth-order valence-electron chi connectivity index (χ4n) is 4.18. The molecular formula is C39H40O9S. The number of epoxide rings is 1. The quantitative estimate of drug-likeness (QED) is 0.0212. The smallest absolute Gasteiger partial charge is 0.336 e. The number of rotatable bonds is 21. The highest BCUT2D eigenvalue weighted by atomic mass is 32.2. The van der Waals surface area contributed by atoms with Crippen molar-refractivity contribution in [2.45, 2.75) is 43.0 Å². The lowest BCUT2D eigenvalue weighted by Gasteiger charge is -2.06. The SMILES string of the molecule is C=CC(=O)OCCCCOc1ccc(/C=C/C(=O)Oc2ccc(SC(=O)/C=C/c3ccc(OCCCCOC4OC4C=C)cc3)cc2)cc1. The lowest BCUT2D eigenvalue weighted by atomic mass is 10.2. The second-order valence-corrected chi connectivity index (χ2v) is 11.8. The molecule has 1 heterocycles. The van der Waals surface area contributed by atoms with E-state index in [2.05, 4.69) is 13.2 Å². The van der Waals surface area contributed by atoms with Crippen molar-refractivity contribution in [2.75, 3.05) is 26.4 Å². The monoisotopic (exact) mass is 684 g/mol. The van der Waals surface area contributed by atoms with E-state index in [1.807, 2.05) is 48.5 Å². The second-order valence-electron chi connectivity index (χ2n) is 10.7. The summed E-state index contributed by atoms with van der Waals surface area (Å²) in [6, 6.07) is 21.6. The number of benzene rings is 3. The molecule has 1 fully saturated rings. The van der Waals surface area contributed by atoms with E-state index in [1.165, 1.54) is 12.2 Å². The second kappa shape index (κ2) is 20.5. The summed E-state index contributed by atoms with van der Waals surface area (Å²) in [4.78, 5) is 36.5. The molecule has 3 aromatic rings. The highest BCUT2D eigenvalue weighted by Gasteiger charge is 2.36. The topological polar surface area (TPSA) is 110 Å². The molecule has 1 aliphatic heterocycles. The van der Waals surface area contributed by atoms with Crippen molar-refractivity contribution in [1.82, 2.24) is 0 Å². The third-order valence-corrected chi connectivity index (χ3v) is 7.71. The molecule has 1 saturated heterocycles. The Morgan fingerprint density at radius 2 is 1.22 bits per heavy atom. The van der Waals surface area contributed by atoms with Crippen LogP contribution in [0.2, 0.25) is 0 Å². The zero-order valence-corrected chi connectivity index (χ0v) is 28.0. The predicted molar refractivity (Wildman–Crippen MR) is 189 cm³/mol. The van der Waals surface area contributed by atoms with Crippen LogP contribution in [0.25, 0.3) is 12.2 Å². The molecule has 0 N–H and O–H groups in total. The third kappa shape index (κ3) is 14.4. The van der Waals surface area contributed by atoms with Crippen LogP contribution in [0.4, 0.5) is 0 Å². The van der Waals surface area contributed by atoms with Crippen molar-refractivity contribution in [3.05, 3.63) is 121 Å². The zero-order valence-electron chi connectivity index (χ0n) is 27.2. The number of hydrogen-bond donors (Lipinski definition) is 0. The van der Waals surface area contributed by atoms with Crippen molar-refractivity contribution in [2.24, 2.45) is 0 Å². The summed E-state index contributed by atoms with van der Waals surface area (Å²) >= 11 is 1.08. The molecule has 49 heavy (non-hydrogen) atoms. The summed E-state index contributed by atoms with van der Waals surface area (Å²) in [7, 11) is 0. The zero-order chi connectivity index (χ0) is 34.7. The number of esters is 2. The lowest BCUT2D eigenvalue weighted by Crippen LogP contribution is -2.04. The average molecular weight is 685 g/mol. The Balaban J connectivity index is 1.09. The van der Waals surface area contributed by atoms with Crippen molar-refractivity contribution in [1.29, 1.82) is 0 Å². The van der Waals surface area contributed by atoms with E-state index in [1.54, 1.807) is 42.5 Å². The fourth-order valence-corrected chi connectivity index (χ4v) is 4.83. The van der Waals surface area contributed by atoms with E-state index in [-0.39, 0.29) is 17.5 Å². The van der Waals surface area contributed by atoms with Crippen LogP contribution in [-0.4, -0.2) is 55.9 Å². The molecule has 9 nitrogen and oxygen atoms in total. The number of thioether (sulfide) groups is 1. The Morgan fingerprint density at radius 3 is 1.80 bits per heavy atom. The standard InChI is InChI=1S/C39H40O9S/c1-3-35-39(48-35)46-28-8-6-26-44-32-17-11-30(12-18-32)14-24-38(42)49-34-21-19-33(20-22-34)47-37(41)23-13-29-9-15-31(16-10-29)43-25-5-7-27-45-36(40)4-2/h3-4,9-24,35,39H,1-2,5-8,25-28H2/b23-13+,24-14+. The van der Waals surface area contributed by atoms with Crippen LogP contribution in [0.5, 0.6) is 17.2 Å². The summed E-state index contributed by atoms with van der Waals surface area (Å²) in [5.41, 5.74) is 1.69. The van der Waals surface area contributed by atoms with Crippen LogP contribution in [0.1, 0.15) is 36.8 Å². The van der Waals surface area contributed by atoms with Crippen LogP contribution in [0, 0.1) is 0 Å². The van der Waals surface area contributed by atoms with Gasteiger partial charge in [-0.05, 0) is 109 Å². The normalized spacial score (nSPS) is 15.1. The molecule has 3 aromatic carbocycles. The van der Waals surface area contributed by atoms with Crippen LogP contribution in [0.3, 0.4) is 0 Å². The molecule has 0 amide bonds. The first-order chi connectivity index (χ1) is 23.9. The Kier molecular flexibility index (Phi) is 15.4. The van der Waals surface area contributed by atoms with Crippen LogP contribution < -0.4 is 14.2 Å². The molecule has 10 heteroatoms. The first-order valence-corrected chi connectivity index (χ1v) is 16.8. The van der Waals surface area contributed by atoms with Crippen LogP contribution in [-0.2, 0) is 28.6 Å². The number of hydrogen-bond acceptors (Lipinski definition) is 10. The van der Waals surface area contributed by atoms with Gasteiger partial charge >= 0.3 is 11.9 Å². The van der Waals surface area contributed by atoms with E-state index in [9.17, 15) is 14.4 Å². The predicted octanol–water partition coefficient (Wildman–Crippen LogP) is 7.61. The molecule has 0 radical (unpaired) electrons. The number of ether oxygens (including phenoxy) is 6. The van der Waals surface area contributed by atoms with Gasteiger partial charge in [-0.15, -0.1) is 6.58 Å². The fraction of sp³-hybridized carbons (Fsp3) is 0.256. The van der Waals surface area contributed by atoms with Gasteiger partial charge in [-0.3, -0.25) is 4.79 Å². The minimum Gasteiger partial charge on any atom is -0.494 e. The Morgan fingerprint density at radius 1 is 0.673 bits per heavy atom. The summed E-state index contributed by atoms with van der Waals surface area (Å²) in [5.74, 6) is 0.884. The molecule has 0 aromatic heterocycles. The van der Waals surface area contributed by atoms with Crippen molar-refractivity contribution in [3.8, 4) is 17.2 Å². The van der Waals surface area contributed by atoms with Gasteiger partial charge < -0.3 is 28.4 Å². The summed E-state index contributed by atoms with van der Waals surface area (Å²) in [6.45, 7) is 9.06. The first kappa shape index (κ1) is 36.9. The van der Waals surface area contributed by atoms with E-state index in [0.717, 1.165) is 58.9 Å². The molecular weight excluding hydrogens is 644 g/mol. The average Bonchev–Trinajstić information content (AvgIpc) is 3.89. The van der Waals surface area contributed by atoms with Gasteiger partial charge in [-0.2, -0.15) is 0 Å². The molecule has 0 saturated carbocycles. The largest absolute Gasteiger partial charge is 0.494 e. The van der Waals surface area contributed by atoms with E-state index >= 15 is 0 Å². The van der Waals surface area contributed by atoms with Crippen molar-refractivity contribution >= 4 is 41.0 Å². The first-order valence-electron chi connectivity index (χ1n) is 16.0. The van der Waals surface area contributed by atoms with Gasteiger partial charge in [0.1, 0.15) is 23.4 Å². The summed E-state index contributed by atoms with van der Waals surface area (Å²) < 4.78 is 32.6. The molecule has 0 bridgehead atoms. The van der Waals surface area contributed by atoms with Gasteiger partial charge in [0.2, 0.25) is 5.12 Å². The Labute approximate surface area is 291 Å². The molecule has 4 rings (SSSR count). The van der Waals surface area contributed by atoms with Crippen LogP contribution in [0.15, 0.2) is 115 Å². The number of unbranched alkanes of at least 4 members (excludes halogenated alkanes) is 2. The molecule has 0 spiro atoms. The number of carbonyl (C=O) groups excluding carboxylic acids is 3. The van der Waals surface area contributed by atoms with Gasteiger partial charge in [0.25, 0.3) is 0 Å². The van der Waals surface area contributed by atoms with E-state index in [4.69, 9.17) is 28.4 Å². The maximum Gasteiger partial charge on any atom is 0.336 e. The summed E-state index contributed by atoms with van der Waals surface area (Å²) in [5, 5.41) is -0.130. The third-order valence-electron chi connectivity index (χ3n) is 6.87. The van der Waals surface area contributed by atoms with Gasteiger partial charge in [-0.25, -0.2) is 9.59 Å². The van der Waals surface area contributed by atoms with E-state index < -0.39 is 11.9 Å². The van der Waals surface area contributed by atoms with Gasteiger partial charge in [-0.1, -0.05) is 43.0 Å². The van der Waals surface area contributed by atoms with Gasteiger partial charge in [0, 0.05) is 23.7 Å². The molecule has 2 unspecified atom stereocenters. The number of carbonyl (C=O) groups is 3. The molecule has 1 aliphatic rings. The molecule has 2 atom stereocenters. The minimum absolute atomic E-state index is 0.0316. The van der Waals surface area contributed by atoms with Gasteiger partial charge in [0.15, 0.2) is 6.29 Å². The maximum atomic E-state index is 12.5.